The lowest BCUT2D eigenvalue weighted by Crippen LogP contribution is -2.58. The van der Waals surface area contributed by atoms with Gasteiger partial charge in [0.2, 0.25) is 5.91 Å². The Labute approximate surface area is 271 Å². The van der Waals surface area contributed by atoms with Gasteiger partial charge in [0, 0.05) is 41.0 Å². The van der Waals surface area contributed by atoms with Gasteiger partial charge in [-0.2, -0.15) is 0 Å². The number of esters is 3. The van der Waals surface area contributed by atoms with Gasteiger partial charge in [0.05, 0.1) is 0 Å². The van der Waals surface area contributed by atoms with Gasteiger partial charge in [0.15, 0.2) is 24.4 Å². The molecule has 1 aromatic carbocycles. The lowest BCUT2D eigenvalue weighted by molar-refractivity contribution is -0.274. The molecule has 15 heteroatoms. The molecule has 47 heavy (non-hydrogen) atoms. The van der Waals surface area contributed by atoms with Crippen molar-refractivity contribution in [2.45, 2.75) is 104 Å². The van der Waals surface area contributed by atoms with Crippen molar-refractivity contribution >= 4 is 29.7 Å². The predicted octanol–water partition coefficient (Wildman–Crippen LogP) is 3.99. The summed E-state index contributed by atoms with van der Waals surface area (Å²) in [5.74, 6) is -4.07. The number of nitrogens with one attached hydrogen (secondary N) is 1. The van der Waals surface area contributed by atoms with E-state index in [-0.39, 0.29) is 18.9 Å². The molecule has 0 aliphatic carbocycles. The Hall–Kier alpha value is -4.14. The normalized spacial score (nSPS) is 18.7. The Morgan fingerprint density at radius 2 is 1.55 bits per heavy atom. The maximum Gasteiger partial charge on any atom is 0.573 e. The predicted molar refractivity (Wildman–Crippen MR) is 160 cm³/mol. The highest BCUT2D eigenvalue weighted by Gasteiger charge is 2.45. The molecule has 0 radical (unpaired) electrons. The van der Waals surface area contributed by atoms with E-state index in [1.807, 2.05) is 13.8 Å². The molecule has 1 fully saturated rings. The third kappa shape index (κ3) is 13.2. The van der Waals surface area contributed by atoms with Crippen LogP contribution >= 0.6 is 0 Å². The molecule has 12 nitrogen and oxygen atoms in total. The average molecular weight is 673 g/mol. The molecular formula is C32H43F3N2O10. The SMILES string of the molecule is CCC(C)C=C[C@@H](OC(C)=O)[C@H](OC(C)=O)[C@@H](OC(C)=O)[C@@H](OC)C(=O)NC1CCCCN(Cc2ccc(OC(F)(F)F)cc2)C1=O. The number of ether oxygens (including phenoxy) is 5. The summed E-state index contributed by atoms with van der Waals surface area (Å²) in [5, 5.41) is 2.65. The molecular weight excluding hydrogens is 629 g/mol. The minimum absolute atomic E-state index is 0.0371. The van der Waals surface area contributed by atoms with E-state index in [4.69, 9.17) is 18.9 Å². The van der Waals surface area contributed by atoms with Crippen LogP contribution in [-0.4, -0.2) is 85.1 Å². The summed E-state index contributed by atoms with van der Waals surface area (Å²) in [6.45, 7) is 7.54. The number of alkyl halides is 3. The second kappa shape index (κ2) is 18.3. The summed E-state index contributed by atoms with van der Waals surface area (Å²) in [4.78, 5) is 65.2. The zero-order chi connectivity index (χ0) is 35.3. The number of hydrogen-bond acceptors (Lipinski definition) is 10. The molecule has 1 N–H and O–H groups in total. The molecule has 262 valence electrons. The first-order valence-corrected chi connectivity index (χ1v) is 15.2. The zero-order valence-electron chi connectivity index (χ0n) is 27.3. The summed E-state index contributed by atoms with van der Waals surface area (Å²) in [7, 11) is 1.16. The fourth-order valence-electron chi connectivity index (χ4n) is 4.91. The quantitative estimate of drug-likeness (QED) is 0.165. The lowest BCUT2D eigenvalue weighted by Gasteiger charge is -2.34. The molecule has 1 aliphatic heterocycles. The molecule has 2 unspecified atom stereocenters. The van der Waals surface area contributed by atoms with Crippen LogP contribution in [0.4, 0.5) is 13.2 Å². The number of amides is 2. The van der Waals surface area contributed by atoms with Gasteiger partial charge in [-0.25, -0.2) is 0 Å². The van der Waals surface area contributed by atoms with Gasteiger partial charge >= 0.3 is 24.3 Å². The van der Waals surface area contributed by atoms with E-state index >= 15 is 0 Å². The van der Waals surface area contributed by atoms with Gasteiger partial charge < -0.3 is 33.9 Å². The van der Waals surface area contributed by atoms with Crippen molar-refractivity contribution < 1.29 is 60.8 Å². The van der Waals surface area contributed by atoms with E-state index in [9.17, 15) is 37.1 Å². The Balaban J connectivity index is 2.35. The number of carbonyl (C=O) groups is 5. The van der Waals surface area contributed by atoms with E-state index in [2.05, 4.69) is 10.1 Å². The monoisotopic (exact) mass is 672 g/mol. The van der Waals surface area contributed by atoms with Crippen molar-refractivity contribution in [1.29, 1.82) is 0 Å². The van der Waals surface area contributed by atoms with Crippen LogP contribution in [0.1, 0.15) is 65.9 Å². The molecule has 1 saturated heterocycles. The third-order valence-electron chi connectivity index (χ3n) is 7.27. The molecule has 0 saturated carbocycles. The van der Waals surface area contributed by atoms with Crippen LogP contribution in [0.2, 0.25) is 0 Å². The van der Waals surface area contributed by atoms with E-state index < -0.39 is 72.3 Å². The highest BCUT2D eigenvalue weighted by Crippen LogP contribution is 2.25. The topological polar surface area (TPSA) is 147 Å². The smallest absolute Gasteiger partial charge is 0.455 e. The number of benzene rings is 1. The number of halogens is 3. The first kappa shape index (κ1) is 39.0. The Morgan fingerprint density at radius 1 is 0.957 bits per heavy atom. The molecule has 0 aromatic heterocycles. The Kier molecular flexibility index (Phi) is 15.2. The third-order valence-corrected chi connectivity index (χ3v) is 7.27. The first-order chi connectivity index (χ1) is 22.0. The van der Waals surface area contributed by atoms with E-state index in [1.165, 1.54) is 23.1 Å². The average Bonchev–Trinajstić information content (AvgIpc) is 3.14. The van der Waals surface area contributed by atoms with Crippen molar-refractivity contribution in [2.75, 3.05) is 13.7 Å². The number of carbonyl (C=O) groups excluding carboxylic acids is 5. The Morgan fingerprint density at radius 3 is 2.09 bits per heavy atom. The van der Waals surface area contributed by atoms with Crippen molar-refractivity contribution in [1.82, 2.24) is 10.2 Å². The van der Waals surface area contributed by atoms with Crippen LogP contribution in [0, 0.1) is 5.92 Å². The molecule has 0 bridgehead atoms. The van der Waals surface area contributed by atoms with Crippen molar-refractivity contribution in [3.63, 3.8) is 0 Å². The number of likely N-dealkylation sites (tertiary alicyclic amines) is 1. The van der Waals surface area contributed by atoms with E-state index in [1.54, 1.807) is 6.08 Å². The standard InChI is InChI=1S/C32H43F3N2O10/c1-7-19(2)11-16-26(44-20(3)38)27(45-21(4)39)28(46-22(5)40)29(43-6)30(41)36-25-10-8-9-17-37(31(25)42)18-23-12-14-24(15-13-23)47-32(33,34)35/h11-16,19,25-29H,7-10,17-18H2,1-6H3,(H,36,41)/t19?,25?,26-,27+,28-,29-/m1/s1. The van der Waals surface area contributed by atoms with Crippen LogP contribution in [0.25, 0.3) is 0 Å². The maximum absolute atomic E-state index is 13.7. The maximum atomic E-state index is 13.7. The van der Waals surface area contributed by atoms with Crippen LogP contribution in [0.3, 0.4) is 0 Å². The number of allylic oxidation sites excluding steroid dienone is 1. The fraction of sp³-hybridized carbons (Fsp3) is 0.594. The van der Waals surface area contributed by atoms with Crippen molar-refractivity contribution in [3.8, 4) is 5.75 Å². The van der Waals surface area contributed by atoms with Crippen LogP contribution in [0.15, 0.2) is 36.4 Å². The lowest BCUT2D eigenvalue weighted by atomic mass is 9.98. The number of rotatable bonds is 15. The molecule has 1 aliphatic rings. The summed E-state index contributed by atoms with van der Waals surface area (Å²) in [6, 6.07) is 4.06. The molecule has 2 rings (SSSR count). The van der Waals surface area contributed by atoms with Gasteiger partial charge in [0.25, 0.3) is 5.91 Å². The van der Waals surface area contributed by atoms with Gasteiger partial charge in [-0.1, -0.05) is 38.5 Å². The van der Waals surface area contributed by atoms with Crippen LogP contribution in [-0.2, 0) is 49.5 Å². The number of methoxy groups -OCH3 is 1. The first-order valence-electron chi connectivity index (χ1n) is 15.2. The van der Waals surface area contributed by atoms with Gasteiger partial charge in [-0.3, -0.25) is 24.0 Å². The Bertz CT molecular complexity index is 1250. The summed E-state index contributed by atoms with van der Waals surface area (Å²) >= 11 is 0. The number of hydrogen-bond donors (Lipinski definition) is 1. The second-order valence-electron chi connectivity index (χ2n) is 11.2. The van der Waals surface area contributed by atoms with Gasteiger partial charge in [0.1, 0.15) is 11.8 Å². The number of nitrogens with zero attached hydrogens (tertiary/aromatic N) is 1. The highest BCUT2D eigenvalue weighted by atomic mass is 19.4. The molecule has 1 aromatic rings. The molecule has 0 spiro atoms. The van der Waals surface area contributed by atoms with Gasteiger partial charge in [-0.05, 0) is 49.0 Å². The molecule has 6 atom stereocenters. The van der Waals surface area contributed by atoms with E-state index in [0.717, 1.165) is 46.4 Å². The van der Waals surface area contributed by atoms with Crippen molar-refractivity contribution in [2.24, 2.45) is 5.92 Å². The summed E-state index contributed by atoms with van der Waals surface area (Å²) < 4.78 is 63.3. The minimum atomic E-state index is -4.84. The largest absolute Gasteiger partial charge is 0.573 e. The van der Waals surface area contributed by atoms with E-state index in [0.29, 0.717) is 24.9 Å². The molecule has 1 heterocycles. The fourth-order valence-corrected chi connectivity index (χ4v) is 4.91. The minimum Gasteiger partial charge on any atom is -0.455 e. The summed E-state index contributed by atoms with van der Waals surface area (Å²) in [5.41, 5.74) is 0.538. The van der Waals surface area contributed by atoms with Crippen LogP contribution < -0.4 is 10.1 Å². The van der Waals surface area contributed by atoms with Gasteiger partial charge in [-0.15, -0.1) is 13.2 Å². The second-order valence-corrected chi connectivity index (χ2v) is 11.2. The van der Waals surface area contributed by atoms with Crippen LogP contribution in [0.5, 0.6) is 5.75 Å². The highest BCUT2D eigenvalue weighted by molar-refractivity contribution is 5.90. The van der Waals surface area contributed by atoms with Crippen molar-refractivity contribution in [3.05, 3.63) is 42.0 Å². The zero-order valence-corrected chi connectivity index (χ0v) is 27.3. The summed E-state index contributed by atoms with van der Waals surface area (Å²) in [6.07, 6.45) is -5.50. The molecule has 2 amide bonds.